The lowest BCUT2D eigenvalue weighted by Crippen LogP contribution is -2.36. The molecule has 0 aromatic heterocycles. The summed E-state index contributed by atoms with van der Waals surface area (Å²) in [4.78, 5) is 2.27. The van der Waals surface area contributed by atoms with Gasteiger partial charge >= 0.3 is 0 Å². The highest BCUT2D eigenvalue weighted by Crippen LogP contribution is 2.36. The zero-order chi connectivity index (χ0) is 14.7. The van der Waals surface area contributed by atoms with E-state index in [0.717, 1.165) is 43.3 Å². The molecule has 2 aliphatic rings. The number of nitrogens with zero attached hydrogens (tertiary/aromatic N) is 1. The molecule has 116 valence electrons. The van der Waals surface area contributed by atoms with Crippen LogP contribution in [0.3, 0.4) is 0 Å². The van der Waals surface area contributed by atoms with Gasteiger partial charge in [-0.1, -0.05) is 0 Å². The molecule has 1 aromatic carbocycles. The van der Waals surface area contributed by atoms with Crippen molar-refractivity contribution in [1.29, 1.82) is 0 Å². The van der Waals surface area contributed by atoms with Gasteiger partial charge in [-0.2, -0.15) is 0 Å². The first-order valence-corrected chi connectivity index (χ1v) is 7.68. The molecule has 3 rings (SSSR count). The van der Waals surface area contributed by atoms with Gasteiger partial charge in [0.15, 0.2) is 5.75 Å². The summed E-state index contributed by atoms with van der Waals surface area (Å²) in [6, 6.07) is 4.10. The number of benzene rings is 1. The van der Waals surface area contributed by atoms with Gasteiger partial charge < -0.3 is 24.8 Å². The molecular weight excluding hydrogens is 268 g/mol. The van der Waals surface area contributed by atoms with Crippen LogP contribution >= 0.6 is 0 Å². The lowest BCUT2D eigenvalue weighted by molar-refractivity contribution is -0.00864. The summed E-state index contributed by atoms with van der Waals surface area (Å²) in [5.74, 6) is 0.754. The molecule has 1 aliphatic carbocycles. The Morgan fingerprint density at radius 3 is 2.67 bits per heavy atom. The molecular formula is C16H24N2O3. The van der Waals surface area contributed by atoms with E-state index in [1.165, 1.54) is 19.3 Å². The minimum absolute atomic E-state index is 0.431. The Balaban J connectivity index is 1.78. The van der Waals surface area contributed by atoms with E-state index in [2.05, 4.69) is 11.0 Å². The molecule has 1 saturated carbocycles. The molecule has 21 heavy (non-hydrogen) atoms. The Bertz CT molecular complexity index is 483. The van der Waals surface area contributed by atoms with Gasteiger partial charge in [-0.15, -0.1) is 0 Å². The molecule has 1 heterocycles. The van der Waals surface area contributed by atoms with Gasteiger partial charge in [0.05, 0.1) is 44.4 Å². The first-order chi connectivity index (χ1) is 10.3. The van der Waals surface area contributed by atoms with Crippen molar-refractivity contribution in [2.75, 3.05) is 44.0 Å². The van der Waals surface area contributed by atoms with Crippen LogP contribution in [0.15, 0.2) is 12.1 Å². The summed E-state index contributed by atoms with van der Waals surface area (Å²) in [5.41, 5.74) is 8.99. The van der Waals surface area contributed by atoms with Crippen LogP contribution in [0.4, 0.5) is 11.4 Å². The van der Waals surface area contributed by atoms with E-state index in [1.807, 2.05) is 6.07 Å². The summed E-state index contributed by atoms with van der Waals surface area (Å²) in [6.07, 6.45) is 4.08. The quantitative estimate of drug-likeness (QED) is 0.843. The lowest BCUT2D eigenvalue weighted by atomic mass is 9.96. The SMILES string of the molecule is COc1c(N)cc(COC2CCC2)cc1N1CCOCC1. The minimum atomic E-state index is 0.431. The predicted octanol–water partition coefficient (Wildman–Crippen LogP) is 2.18. The van der Waals surface area contributed by atoms with Crippen LogP contribution in [0.5, 0.6) is 5.75 Å². The van der Waals surface area contributed by atoms with Crippen LogP contribution < -0.4 is 15.4 Å². The number of nitrogen functional groups attached to an aromatic ring is 1. The second-order valence-electron chi connectivity index (χ2n) is 5.70. The van der Waals surface area contributed by atoms with Gasteiger partial charge in [0, 0.05) is 13.1 Å². The van der Waals surface area contributed by atoms with Gasteiger partial charge in [0.2, 0.25) is 0 Å². The predicted molar refractivity (Wildman–Crippen MR) is 82.9 cm³/mol. The standard InChI is InChI=1S/C16H24N2O3/c1-19-16-14(17)9-12(11-21-13-3-2-4-13)10-15(16)18-5-7-20-8-6-18/h9-10,13H,2-8,11,17H2,1H3. The third-order valence-corrected chi connectivity index (χ3v) is 4.25. The number of ether oxygens (including phenoxy) is 3. The van der Waals surface area contributed by atoms with Crippen molar-refractivity contribution < 1.29 is 14.2 Å². The number of hydrogen-bond acceptors (Lipinski definition) is 5. The van der Waals surface area contributed by atoms with Gasteiger partial charge in [-0.3, -0.25) is 0 Å². The maximum Gasteiger partial charge on any atom is 0.165 e. The van der Waals surface area contributed by atoms with E-state index < -0.39 is 0 Å². The van der Waals surface area contributed by atoms with Crippen LogP contribution in [0.1, 0.15) is 24.8 Å². The fourth-order valence-corrected chi connectivity index (χ4v) is 2.79. The first kappa shape index (κ1) is 14.5. The number of hydrogen-bond donors (Lipinski definition) is 1. The largest absolute Gasteiger partial charge is 0.492 e. The van der Waals surface area contributed by atoms with E-state index in [0.29, 0.717) is 18.4 Å². The maximum atomic E-state index is 6.15. The fourth-order valence-electron chi connectivity index (χ4n) is 2.79. The fraction of sp³-hybridized carbons (Fsp3) is 0.625. The average molecular weight is 292 g/mol. The molecule has 0 unspecified atom stereocenters. The normalized spacial score (nSPS) is 19.4. The summed E-state index contributed by atoms with van der Waals surface area (Å²) in [5, 5.41) is 0. The molecule has 0 radical (unpaired) electrons. The molecule has 1 saturated heterocycles. The molecule has 0 bridgehead atoms. The zero-order valence-electron chi connectivity index (χ0n) is 12.6. The van der Waals surface area contributed by atoms with Crippen LogP contribution in [-0.2, 0) is 16.1 Å². The van der Waals surface area contributed by atoms with E-state index in [-0.39, 0.29) is 0 Å². The topological polar surface area (TPSA) is 57.0 Å². The Kier molecular flexibility index (Phi) is 4.51. The number of nitrogens with two attached hydrogens (primary N) is 1. The molecule has 0 atom stereocenters. The summed E-state index contributed by atoms with van der Waals surface area (Å²) in [7, 11) is 1.67. The lowest BCUT2D eigenvalue weighted by Gasteiger charge is -2.31. The van der Waals surface area contributed by atoms with Crippen molar-refractivity contribution in [3.63, 3.8) is 0 Å². The van der Waals surface area contributed by atoms with Crippen molar-refractivity contribution in [2.24, 2.45) is 0 Å². The summed E-state index contributed by atoms with van der Waals surface area (Å²) >= 11 is 0. The Labute approximate surface area is 126 Å². The Hall–Kier alpha value is -1.46. The highest BCUT2D eigenvalue weighted by Gasteiger charge is 2.20. The molecule has 0 amide bonds. The maximum absolute atomic E-state index is 6.15. The highest BCUT2D eigenvalue weighted by atomic mass is 16.5. The second kappa shape index (κ2) is 6.54. The third kappa shape index (κ3) is 3.24. The zero-order valence-corrected chi connectivity index (χ0v) is 12.6. The average Bonchev–Trinajstić information content (AvgIpc) is 2.46. The second-order valence-corrected chi connectivity index (χ2v) is 5.70. The minimum Gasteiger partial charge on any atom is -0.492 e. The highest BCUT2D eigenvalue weighted by molar-refractivity contribution is 5.72. The van der Waals surface area contributed by atoms with Crippen LogP contribution in [0, 0.1) is 0 Å². The smallest absolute Gasteiger partial charge is 0.165 e. The van der Waals surface area contributed by atoms with Crippen molar-refractivity contribution in [3.8, 4) is 5.75 Å². The van der Waals surface area contributed by atoms with Crippen LogP contribution in [0.2, 0.25) is 0 Å². The first-order valence-electron chi connectivity index (χ1n) is 7.68. The summed E-state index contributed by atoms with van der Waals surface area (Å²) < 4.78 is 16.8. The number of methoxy groups -OCH3 is 1. The Morgan fingerprint density at radius 1 is 1.29 bits per heavy atom. The van der Waals surface area contributed by atoms with Gasteiger partial charge in [0.1, 0.15) is 0 Å². The molecule has 1 aromatic rings. The van der Waals surface area contributed by atoms with Crippen molar-refractivity contribution in [3.05, 3.63) is 17.7 Å². The van der Waals surface area contributed by atoms with E-state index in [1.54, 1.807) is 7.11 Å². The molecule has 5 heteroatoms. The molecule has 2 fully saturated rings. The van der Waals surface area contributed by atoms with E-state index >= 15 is 0 Å². The van der Waals surface area contributed by atoms with Gasteiger partial charge in [-0.25, -0.2) is 0 Å². The Morgan fingerprint density at radius 2 is 2.05 bits per heavy atom. The van der Waals surface area contributed by atoms with Crippen molar-refractivity contribution in [2.45, 2.75) is 32.0 Å². The van der Waals surface area contributed by atoms with Crippen LogP contribution in [0.25, 0.3) is 0 Å². The molecule has 2 N–H and O–H groups in total. The molecule has 5 nitrogen and oxygen atoms in total. The van der Waals surface area contributed by atoms with Gasteiger partial charge in [-0.05, 0) is 37.0 Å². The van der Waals surface area contributed by atoms with Crippen molar-refractivity contribution >= 4 is 11.4 Å². The van der Waals surface area contributed by atoms with Gasteiger partial charge in [0.25, 0.3) is 0 Å². The monoisotopic (exact) mass is 292 g/mol. The van der Waals surface area contributed by atoms with E-state index in [9.17, 15) is 0 Å². The number of anilines is 2. The molecule has 0 spiro atoms. The third-order valence-electron chi connectivity index (χ3n) is 4.25. The molecule has 1 aliphatic heterocycles. The van der Waals surface area contributed by atoms with Crippen LogP contribution in [-0.4, -0.2) is 39.5 Å². The number of morpholine rings is 1. The van der Waals surface area contributed by atoms with E-state index in [4.69, 9.17) is 19.9 Å². The van der Waals surface area contributed by atoms with Crippen molar-refractivity contribution in [1.82, 2.24) is 0 Å². The summed E-state index contributed by atoms with van der Waals surface area (Å²) in [6.45, 7) is 3.83. The number of rotatable bonds is 5.